The van der Waals surface area contributed by atoms with Gasteiger partial charge in [0.25, 0.3) is 0 Å². The zero-order chi connectivity index (χ0) is 21.5. The summed E-state index contributed by atoms with van der Waals surface area (Å²) in [6, 6.07) is 0. The molecule has 0 spiro atoms. The Morgan fingerprint density at radius 2 is 1.21 bits per heavy atom. The highest BCUT2D eigenvalue weighted by molar-refractivity contribution is 7.53. The molecule has 0 aliphatic heterocycles. The van der Waals surface area contributed by atoms with Crippen molar-refractivity contribution in [2.45, 2.75) is 89.3 Å². The third-order valence-electron chi connectivity index (χ3n) is 4.78. The van der Waals surface area contributed by atoms with E-state index in [1.165, 1.54) is 19.3 Å². The van der Waals surface area contributed by atoms with Crippen LogP contribution in [-0.2, 0) is 4.57 Å². The lowest BCUT2D eigenvalue weighted by molar-refractivity contribution is -0.875. The van der Waals surface area contributed by atoms with Gasteiger partial charge in [0, 0.05) is 0 Å². The fraction of sp³-hybridized carbons (Fsp3) is 0.818. The molecule has 0 heterocycles. The molecule has 0 aliphatic rings. The predicted octanol–water partition coefficient (Wildman–Crippen LogP) is 5.37. The van der Waals surface area contributed by atoms with Gasteiger partial charge in [-0.05, 0) is 57.8 Å². The van der Waals surface area contributed by atoms with Gasteiger partial charge in [0.1, 0.15) is 6.54 Å². The van der Waals surface area contributed by atoms with Crippen LogP contribution in [0.1, 0.15) is 84.0 Å². The number of rotatable bonds is 17. The first-order chi connectivity index (χ1) is 13.0. The van der Waals surface area contributed by atoms with E-state index in [4.69, 9.17) is 0 Å². The molecule has 166 valence electrons. The number of nitrogens with zero attached hydrogens (tertiary/aromatic N) is 1. The lowest BCUT2D eigenvalue weighted by Gasteiger charge is -2.35. The molecule has 0 amide bonds. The van der Waals surface area contributed by atoms with Gasteiger partial charge in [-0.15, -0.1) is 0 Å². The molecule has 6 heteroatoms. The van der Waals surface area contributed by atoms with E-state index >= 15 is 0 Å². The van der Waals surface area contributed by atoms with Gasteiger partial charge in [-0.3, -0.25) is 4.57 Å². The number of quaternary nitrogens is 1. The van der Waals surface area contributed by atoms with Crippen LogP contribution in [0.15, 0.2) is 24.3 Å². The minimum Gasteiger partial charge on any atom is -0.373 e. The molecule has 3 N–H and O–H groups in total. The van der Waals surface area contributed by atoms with Crippen molar-refractivity contribution in [2.75, 3.05) is 27.7 Å². The average Bonchev–Trinajstić information content (AvgIpc) is 2.56. The quantitative estimate of drug-likeness (QED) is 0.128. The van der Waals surface area contributed by atoms with E-state index in [9.17, 15) is 19.5 Å². The summed E-state index contributed by atoms with van der Waals surface area (Å²) >= 11 is 0. The van der Waals surface area contributed by atoms with E-state index < -0.39 is 12.9 Å². The van der Waals surface area contributed by atoms with E-state index in [1.54, 1.807) is 0 Å². The van der Waals surface area contributed by atoms with Crippen LogP contribution in [-0.4, -0.2) is 52.4 Å². The summed E-state index contributed by atoms with van der Waals surface area (Å²) in [6.45, 7) is 2.21. The molecule has 0 aromatic rings. The predicted molar refractivity (Wildman–Crippen MR) is 119 cm³/mol. The molecule has 0 aromatic heterocycles. The van der Waals surface area contributed by atoms with Gasteiger partial charge in [-0.25, -0.2) is 0 Å². The second kappa shape index (κ2) is 14.5. The monoisotopic (exact) mass is 418 g/mol. The molecule has 0 saturated heterocycles. The Balaban J connectivity index is 3.80. The van der Waals surface area contributed by atoms with Crippen LogP contribution in [0.5, 0.6) is 0 Å². The fourth-order valence-corrected chi connectivity index (χ4v) is 4.38. The van der Waals surface area contributed by atoms with Crippen molar-refractivity contribution in [1.82, 2.24) is 0 Å². The molecule has 1 atom stereocenters. The molecule has 0 rings (SSSR count). The zero-order valence-electron chi connectivity index (χ0n) is 18.6. The minimum atomic E-state index is -4.55. The number of hydrogen-bond acceptors (Lipinski definition) is 2. The number of likely N-dealkylation sites (N-methyl/N-ethyl adjacent to an activating group) is 1. The lowest BCUT2D eigenvalue weighted by Crippen LogP contribution is -2.49. The van der Waals surface area contributed by atoms with Crippen molar-refractivity contribution >= 4 is 7.60 Å². The molecule has 0 bridgehead atoms. The maximum atomic E-state index is 11.7. The van der Waals surface area contributed by atoms with Crippen LogP contribution in [0.2, 0.25) is 0 Å². The van der Waals surface area contributed by atoms with Gasteiger partial charge >= 0.3 is 7.60 Å². The number of unbranched alkanes of at least 4 members (excludes halogenated alkanes) is 8. The van der Waals surface area contributed by atoms with Gasteiger partial charge in [0.2, 0.25) is 5.34 Å². The molecule has 1 unspecified atom stereocenters. The van der Waals surface area contributed by atoms with Crippen LogP contribution in [0.4, 0.5) is 0 Å². The molecule has 5 nitrogen and oxygen atoms in total. The third kappa shape index (κ3) is 14.5. The van der Waals surface area contributed by atoms with Crippen LogP contribution in [0.3, 0.4) is 0 Å². The summed E-state index contributed by atoms with van der Waals surface area (Å²) in [5.41, 5.74) is 0. The average molecular weight is 419 g/mol. The van der Waals surface area contributed by atoms with Crippen LogP contribution in [0, 0.1) is 0 Å². The first-order valence-electron chi connectivity index (χ1n) is 10.9. The standard InChI is InChI=1S/C22H44NO4P/c1-5-6-7-8-9-10-11-12-13-14-15-16-17-18-19-20-22(24,28(25,26)27)21-23(2,3)4/h6-7,12-13,24H,5,8-11,14-21H2,1-4H3,(H-,25,26,27)/p+1/b7-6-,13-12-. The van der Waals surface area contributed by atoms with E-state index in [0.717, 1.165) is 44.9 Å². The molecule has 0 fully saturated rings. The summed E-state index contributed by atoms with van der Waals surface area (Å²) in [4.78, 5) is 19.1. The van der Waals surface area contributed by atoms with Gasteiger partial charge in [0.05, 0.1) is 21.1 Å². The Labute approximate surface area is 173 Å². The summed E-state index contributed by atoms with van der Waals surface area (Å²) < 4.78 is 12.1. The van der Waals surface area contributed by atoms with Crippen molar-refractivity contribution in [3.8, 4) is 0 Å². The highest BCUT2D eigenvalue weighted by Gasteiger charge is 2.48. The summed E-state index contributed by atoms with van der Waals surface area (Å²) in [7, 11) is 0.948. The van der Waals surface area contributed by atoms with E-state index in [1.807, 2.05) is 21.1 Å². The molecule has 28 heavy (non-hydrogen) atoms. The summed E-state index contributed by atoms with van der Waals surface area (Å²) in [5.74, 6) is 0. The Morgan fingerprint density at radius 3 is 1.68 bits per heavy atom. The van der Waals surface area contributed by atoms with Gasteiger partial charge in [0.15, 0.2) is 0 Å². The molecule has 0 radical (unpaired) electrons. The molecule has 0 aromatic carbocycles. The molecule has 0 saturated carbocycles. The van der Waals surface area contributed by atoms with Crippen molar-refractivity contribution in [3.05, 3.63) is 24.3 Å². The minimum absolute atomic E-state index is 0.0525. The Morgan fingerprint density at radius 1 is 0.786 bits per heavy atom. The normalized spacial score (nSPS) is 15.5. The highest BCUT2D eigenvalue weighted by Crippen LogP contribution is 2.52. The zero-order valence-corrected chi connectivity index (χ0v) is 19.5. The second-order valence-corrected chi connectivity index (χ2v) is 10.8. The third-order valence-corrected chi connectivity index (χ3v) is 6.23. The van der Waals surface area contributed by atoms with E-state index in [2.05, 4.69) is 31.2 Å². The Kier molecular flexibility index (Phi) is 14.3. The van der Waals surface area contributed by atoms with E-state index in [-0.39, 0.29) is 13.0 Å². The van der Waals surface area contributed by atoms with Gasteiger partial charge in [-0.2, -0.15) is 0 Å². The molecule has 0 aliphatic carbocycles. The van der Waals surface area contributed by atoms with Gasteiger partial charge in [-0.1, -0.05) is 50.5 Å². The highest BCUT2D eigenvalue weighted by atomic mass is 31.2. The van der Waals surface area contributed by atoms with E-state index in [0.29, 0.717) is 10.9 Å². The lowest BCUT2D eigenvalue weighted by atomic mass is 10.1. The number of hydrogen-bond donors (Lipinski definition) is 3. The van der Waals surface area contributed by atoms with Crippen molar-refractivity contribution in [1.29, 1.82) is 0 Å². The first kappa shape index (κ1) is 27.5. The maximum Gasteiger partial charge on any atom is 0.362 e. The largest absolute Gasteiger partial charge is 0.373 e. The maximum absolute atomic E-state index is 11.7. The van der Waals surface area contributed by atoms with Crippen LogP contribution >= 0.6 is 7.60 Å². The Hall–Kier alpha value is -0.450. The van der Waals surface area contributed by atoms with Crippen molar-refractivity contribution < 1.29 is 23.9 Å². The van der Waals surface area contributed by atoms with Crippen molar-refractivity contribution in [3.63, 3.8) is 0 Å². The van der Waals surface area contributed by atoms with Gasteiger partial charge < -0.3 is 19.4 Å². The topological polar surface area (TPSA) is 77.8 Å². The Bertz CT molecular complexity index is 493. The molecular weight excluding hydrogens is 373 g/mol. The summed E-state index contributed by atoms with van der Waals surface area (Å²) in [5, 5.41) is 8.58. The number of allylic oxidation sites excluding steroid dienone is 4. The second-order valence-electron chi connectivity index (χ2n) is 8.92. The fourth-order valence-electron chi connectivity index (χ4n) is 3.32. The van der Waals surface area contributed by atoms with Crippen molar-refractivity contribution in [2.24, 2.45) is 0 Å². The number of aliphatic hydroxyl groups is 1. The molecular formula is C22H45NO4P+. The van der Waals surface area contributed by atoms with Crippen LogP contribution in [0.25, 0.3) is 0 Å². The summed E-state index contributed by atoms with van der Waals surface area (Å²) in [6.07, 6.45) is 21.1. The SMILES string of the molecule is CC/C=C\CCCC/C=C\CCCCCCCC(O)(C[N+](C)(C)C)P(=O)(O)O. The van der Waals surface area contributed by atoms with Crippen LogP contribution < -0.4 is 0 Å². The first-order valence-corrected chi connectivity index (χ1v) is 12.5. The smallest absolute Gasteiger partial charge is 0.362 e.